The van der Waals surface area contributed by atoms with Crippen molar-refractivity contribution < 1.29 is 14.7 Å². The van der Waals surface area contributed by atoms with Crippen molar-refractivity contribution in [1.82, 2.24) is 4.90 Å². The first-order valence-electron chi connectivity index (χ1n) is 6.05. The summed E-state index contributed by atoms with van der Waals surface area (Å²) in [4.78, 5) is 24.2. The van der Waals surface area contributed by atoms with E-state index in [9.17, 15) is 9.59 Å². The molecule has 1 rings (SSSR count). The van der Waals surface area contributed by atoms with E-state index in [1.807, 2.05) is 13.8 Å². The number of carbonyl (C=O) groups is 2. The first kappa shape index (κ1) is 16.6. The summed E-state index contributed by atoms with van der Waals surface area (Å²) in [5.41, 5.74) is 0.432. The highest BCUT2D eigenvalue weighted by atomic mass is 35.5. The molecule has 0 radical (unpaired) electrons. The molecule has 110 valence electrons. The summed E-state index contributed by atoms with van der Waals surface area (Å²) in [5.74, 6) is -0.951. The van der Waals surface area contributed by atoms with Gasteiger partial charge in [0.05, 0.1) is 17.1 Å². The van der Waals surface area contributed by atoms with Crippen LogP contribution < -0.4 is 5.32 Å². The molecule has 0 saturated carbocycles. The summed E-state index contributed by atoms with van der Waals surface area (Å²) in [6.07, 6.45) is -0.111. The SMILES string of the molecule is CC(C)N(CCC(=O)O)C(=O)Nc1ccc(Cl)cc1Cl. The van der Waals surface area contributed by atoms with Gasteiger partial charge in [-0.2, -0.15) is 0 Å². The van der Waals surface area contributed by atoms with E-state index < -0.39 is 12.0 Å². The van der Waals surface area contributed by atoms with Crippen LogP contribution in [0.3, 0.4) is 0 Å². The number of hydrogen-bond acceptors (Lipinski definition) is 2. The van der Waals surface area contributed by atoms with Crippen LogP contribution in [0, 0.1) is 0 Å². The molecule has 0 bridgehead atoms. The quantitative estimate of drug-likeness (QED) is 0.869. The predicted molar refractivity (Wildman–Crippen MR) is 79.6 cm³/mol. The highest BCUT2D eigenvalue weighted by molar-refractivity contribution is 6.36. The van der Waals surface area contributed by atoms with Gasteiger partial charge in [0, 0.05) is 17.6 Å². The molecule has 0 unspecified atom stereocenters. The van der Waals surface area contributed by atoms with Gasteiger partial charge in [-0.25, -0.2) is 4.79 Å². The Kier molecular flexibility index (Phi) is 6.10. The molecular weight excluding hydrogens is 303 g/mol. The molecule has 0 aliphatic heterocycles. The van der Waals surface area contributed by atoms with Crippen LogP contribution in [-0.2, 0) is 4.79 Å². The molecule has 2 amide bonds. The number of amides is 2. The third-order valence-corrected chi connectivity index (χ3v) is 3.17. The zero-order valence-electron chi connectivity index (χ0n) is 11.2. The smallest absolute Gasteiger partial charge is 0.322 e. The average Bonchev–Trinajstić information content (AvgIpc) is 2.32. The highest BCUT2D eigenvalue weighted by Crippen LogP contribution is 2.25. The highest BCUT2D eigenvalue weighted by Gasteiger charge is 2.18. The first-order valence-corrected chi connectivity index (χ1v) is 6.81. The first-order chi connectivity index (χ1) is 9.31. The topological polar surface area (TPSA) is 69.6 Å². The van der Waals surface area contributed by atoms with Crippen LogP contribution >= 0.6 is 23.2 Å². The average molecular weight is 319 g/mol. The van der Waals surface area contributed by atoms with E-state index in [2.05, 4.69) is 5.32 Å². The van der Waals surface area contributed by atoms with Gasteiger partial charge in [-0.15, -0.1) is 0 Å². The molecule has 0 aliphatic carbocycles. The summed E-state index contributed by atoms with van der Waals surface area (Å²) in [6.45, 7) is 3.75. The second-order valence-corrected chi connectivity index (χ2v) is 5.33. The van der Waals surface area contributed by atoms with Gasteiger partial charge < -0.3 is 15.3 Å². The van der Waals surface area contributed by atoms with Crippen molar-refractivity contribution in [2.75, 3.05) is 11.9 Å². The lowest BCUT2D eigenvalue weighted by molar-refractivity contribution is -0.137. The number of carboxylic acid groups (broad SMARTS) is 1. The number of aliphatic carboxylic acids is 1. The molecule has 0 heterocycles. The number of rotatable bonds is 5. The van der Waals surface area contributed by atoms with Gasteiger partial charge in [-0.1, -0.05) is 23.2 Å². The van der Waals surface area contributed by atoms with E-state index in [1.54, 1.807) is 12.1 Å². The van der Waals surface area contributed by atoms with E-state index in [0.29, 0.717) is 15.7 Å². The zero-order valence-corrected chi connectivity index (χ0v) is 12.7. The van der Waals surface area contributed by atoms with E-state index >= 15 is 0 Å². The lowest BCUT2D eigenvalue weighted by Crippen LogP contribution is -2.41. The van der Waals surface area contributed by atoms with E-state index in [1.165, 1.54) is 11.0 Å². The van der Waals surface area contributed by atoms with Crippen LogP contribution in [0.2, 0.25) is 10.0 Å². The minimum absolute atomic E-state index is 0.111. The molecule has 1 aromatic carbocycles. The summed E-state index contributed by atoms with van der Waals surface area (Å²) in [6, 6.07) is 4.21. The molecule has 1 aromatic rings. The number of anilines is 1. The third-order valence-electron chi connectivity index (χ3n) is 2.62. The minimum atomic E-state index is -0.951. The van der Waals surface area contributed by atoms with E-state index in [0.717, 1.165) is 0 Å². The number of benzene rings is 1. The molecule has 0 spiro atoms. The van der Waals surface area contributed by atoms with Crippen LogP contribution in [-0.4, -0.2) is 34.6 Å². The van der Waals surface area contributed by atoms with Crippen LogP contribution in [0.4, 0.5) is 10.5 Å². The van der Waals surface area contributed by atoms with Crippen molar-refractivity contribution in [1.29, 1.82) is 0 Å². The van der Waals surface area contributed by atoms with Gasteiger partial charge in [0.25, 0.3) is 0 Å². The molecule has 0 fully saturated rings. The van der Waals surface area contributed by atoms with Crippen LogP contribution in [0.5, 0.6) is 0 Å². The fourth-order valence-corrected chi connectivity index (χ4v) is 2.04. The van der Waals surface area contributed by atoms with Gasteiger partial charge in [-0.3, -0.25) is 4.79 Å². The molecule has 0 aromatic heterocycles. The van der Waals surface area contributed by atoms with Crippen molar-refractivity contribution >= 4 is 40.9 Å². The number of carboxylic acids is 1. The maximum Gasteiger partial charge on any atom is 0.322 e. The summed E-state index contributed by atoms with van der Waals surface area (Å²) >= 11 is 11.8. The molecule has 0 aliphatic rings. The van der Waals surface area contributed by atoms with Crippen molar-refractivity contribution in [3.63, 3.8) is 0 Å². The Bertz CT molecular complexity index is 506. The Morgan fingerprint density at radius 2 is 2.00 bits per heavy atom. The number of carbonyl (C=O) groups excluding carboxylic acids is 1. The van der Waals surface area contributed by atoms with Crippen LogP contribution in [0.25, 0.3) is 0 Å². The number of halogens is 2. The second-order valence-electron chi connectivity index (χ2n) is 4.49. The Morgan fingerprint density at radius 3 is 2.50 bits per heavy atom. The normalized spacial score (nSPS) is 10.4. The van der Waals surface area contributed by atoms with Crippen LogP contribution in [0.1, 0.15) is 20.3 Å². The Labute approximate surface area is 127 Å². The van der Waals surface area contributed by atoms with Gasteiger partial charge >= 0.3 is 12.0 Å². The van der Waals surface area contributed by atoms with Crippen molar-refractivity contribution in [2.45, 2.75) is 26.3 Å². The van der Waals surface area contributed by atoms with Crippen molar-refractivity contribution in [2.24, 2.45) is 0 Å². The Hall–Kier alpha value is -1.46. The standard InChI is InChI=1S/C13H16Cl2N2O3/c1-8(2)17(6-5-12(18)19)13(20)16-11-4-3-9(14)7-10(11)15/h3-4,7-8H,5-6H2,1-2H3,(H,16,20)(H,18,19). The summed E-state index contributed by atoms with van der Waals surface area (Å²) in [5, 5.41) is 12.1. The molecule has 7 heteroatoms. The molecule has 0 atom stereocenters. The lowest BCUT2D eigenvalue weighted by Gasteiger charge is -2.26. The third kappa shape index (κ3) is 4.90. The molecule has 20 heavy (non-hydrogen) atoms. The van der Waals surface area contributed by atoms with Crippen molar-refractivity contribution in [3.8, 4) is 0 Å². The number of nitrogens with one attached hydrogen (secondary N) is 1. The van der Waals surface area contributed by atoms with Gasteiger partial charge in [0.1, 0.15) is 0 Å². The largest absolute Gasteiger partial charge is 0.481 e. The van der Waals surface area contributed by atoms with Gasteiger partial charge in [0.2, 0.25) is 0 Å². The van der Waals surface area contributed by atoms with Crippen LogP contribution in [0.15, 0.2) is 18.2 Å². The zero-order chi connectivity index (χ0) is 15.3. The molecule has 2 N–H and O–H groups in total. The minimum Gasteiger partial charge on any atom is -0.481 e. The second kappa shape index (κ2) is 7.36. The lowest BCUT2D eigenvalue weighted by atomic mass is 10.3. The Balaban J connectivity index is 2.77. The van der Waals surface area contributed by atoms with E-state index in [-0.39, 0.29) is 19.0 Å². The van der Waals surface area contributed by atoms with E-state index in [4.69, 9.17) is 28.3 Å². The fraction of sp³-hybridized carbons (Fsp3) is 0.385. The monoisotopic (exact) mass is 318 g/mol. The molecule has 5 nitrogen and oxygen atoms in total. The number of nitrogens with zero attached hydrogens (tertiary/aromatic N) is 1. The summed E-state index contributed by atoms with van der Waals surface area (Å²) in [7, 11) is 0. The predicted octanol–water partition coefficient (Wildman–Crippen LogP) is 3.71. The van der Waals surface area contributed by atoms with Crippen molar-refractivity contribution in [3.05, 3.63) is 28.2 Å². The number of urea groups is 1. The molecular formula is C13H16Cl2N2O3. The molecule has 0 saturated heterocycles. The Morgan fingerprint density at radius 1 is 1.35 bits per heavy atom. The summed E-state index contributed by atoms with van der Waals surface area (Å²) < 4.78 is 0. The number of hydrogen-bond donors (Lipinski definition) is 2. The maximum absolute atomic E-state index is 12.1. The fourth-order valence-electron chi connectivity index (χ4n) is 1.59. The van der Waals surface area contributed by atoms with Gasteiger partial charge in [-0.05, 0) is 32.0 Å². The van der Waals surface area contributed by atoms with Gasteiger partial charge in [0.15, 0.2) is 0 Å². The maximum atomic E-state index is 12.1.